The Balaban J connectivity index is 2.32. The average molecular weight is 215 g/mol. The fourth-order valence-electron chi connectivity index (χ4n) is 2.21. The highest BCUT2D eigenvalue weighted by molar-refractivity contribution is 4.85. The summed E-state index contributed by atoms with van der Waals surface area (Å²) in [6.07, 6.45) is 5.18. The van der Waals surface area contributed by atoms with Gasteiger partial charge in [-0.2, -0.15) is 0 Å². The molecule has 1 rings (SSSR count). The smallest absolute Gasteiger partial charge is 0.0774 e. The Hall–Kier alpha value is -0.120. The lowest BCUT2D eigenvalue weighted by molar-refractivity contribution is -0.0149. The van der Waals surface area contributed by atoms with Crippen molar-refractivity contribution in [3.63, 3.8) is 0 Å². The van der Waals surface area contributed by atoms with Gasteiger partial charge >= 0.3 is 0 Å². The highest BCUT2D eigenvalue weighted by Crippen LogP contribution is 2.22. The van der Waals surface area contributed by atoms with Gasteiger partial charge in [0.05, 0.1) is 11.7 Å². The van der Waals surface area contributed by atoms with Crippen LogP contribution in [0.4, 0.5) is 0 Å². The fraction of sp³-hybridized carbons (Fsp3) is 1.00. The Labute approximate surface area is 93.5 Å². The van der Waals surface area contributed by atoms with Crippen molar-refractivity contribution in [2.24, 2.45) is 0 Å². The molecule has 2 unspecified atom stereocenters. The summed E-state index contributed by atoms with van der Waals surface area (Å²) in [4.78, 5) is 0. The van der Waals surface area contributed by atoms with Crippen LogP contribution in [-0.2, 0) is 9.47 Å². The molecule has 90 valence electrons. The molecule has 3 heteroatoms. The molecule has 1 aliphatic rings. The van der Waals surface area contributed by atoms with E-state index in [1.165, 1.54) is 12.8 Å². The number of ether oxygens (including phenoxy) is 2. The molecule has 1 saturated heterocycles. The first kappa shape index (κ1) is 12.9. The van der Waals surface area contributed by atoms with Crippen molar-refractivity contribution in [3.05, 3.63) is 0 Å². The molecule has 0 aliphatic carbocycles. The molecule has 0 aromatic carbocycles. The molecular formula is C12H25NO2. The molecule has 1 N–H and O–H groups in total. The maximum Gasteiger partial charge on any atom is 0.0774 e. The minimum Gasteiger partial charge on any atom is -0.378 e. The lowest BCUT2D eigenvalue weighted by atomic mass is 9.93. The zero-order valence-electron chi connectivity index (χ0n) is 10.5. The van der Waals surface area contributed by atoms with E-state index in [-0.39, 0.29) is 5.60 Å². The first-order valence-corrected chi connectivity index (χ1v) is 5.94. The molecule has 15 heavy (non-hydrogen) atoms. The van der Waals surface area contributed by atoms with Gasteiger partial charge in [0.1, 0.15) is 0 Å². The van der Waals surface area contributed by atoms with Gasteiger partial charge < -0.3 is 14.8 Å². The molecule has 0 spiro atoms. The van der Waals surface area contributed by atoms with E-state index < -0.39 is 0 Å². The van der Waals surface area contributed by atoms with Crippen molar-refractivity contribution < 1.29 is 9.47 Å². The zero-order chi connectivity index (χ0) is 11.3. The van der Waals surface area contributed by atoms with E-state index in [0.717, 1.165) is 19.4 Å². The molecule has 1 fully saturated rings. The number of hydrogen-bond donors (Lipinski definition) is 1. The van der Waals surface area contributed by atoms with Crippen LogP contribution in [0.25, 0.3) is 0 Å². The van der Waals surface area contributed by atoms with E-state index in [2.05, 4.69) is 19.2 Å². The number of nitrogens with one attached hydrogen (secondary N) is 1. The van der Waals surface area contributed by atoms with Gasteiger partial charge in [-0.05, 0) is 46.6 Å². The molecule has 0 aromatic heterocycles. The van der Waals surface area contributed by atoms with E-state index >= 15 is 0 Å². The predicted molar refractivity (Wildman–Crippen MR) is 62.1 cm³/mol. The van der Waals surface area contributed by atoms with Crippen molar-refractivity contribution in [2.45, 2.75) is 57.3 Å². The predicted octanol–water partition coefficient (Wildman–Crippen LogP) is 1.96. The van der Waals surface area contributed by atoms with Crippen molar-refractivity contribution in [1.82, 2.24) is 5.32 Å². The average Bonchev–Trinajstić information content (AvgIpc) is 2.71. The topological polar surface area (TPSA) is 30.5 Å². The number of rotatable bonds is 6. The number of likely N-dealkylation sites (N-methyl/N-ethyl adjacent to an activating group) is 1. The van der Waals surface area contributed by atoms with Crippen LogP contribution >= 0.6 is 0 Å². The zero-order valence-corrected chi connectivity index (χ0v) is 10.5. The maximum absolute atomic E-state index is 5.63. The maximum atomic E-state index is 5.63. The first-order valence-electron chi connectivity index (χ1n) is 5.94. The van der Waals surface area contributed by atoms with Crippen LogP contribution in [0.3, 0.4) is 0 Å². The van der Waals surface area contributed by atoms with Gasteiger partial charge in [-0.1, -0.05) is 0 Å². The van der Waals surface area contributed by atoms with Gasteiger partial charge in [-0.3, -0.25) is 0 Å². The van der Waals surface area contributed by atoms with Gasteiger partial charge in [0.15, 0.2) is 0 Å². The third kappa shape index (κ3) is 3.74. The Morgan fingerprint density at radius 3 is 2.73 bits per heavy atom. The van der Waals surface area contributed by atoms with E-state index in [4.69, 9.17) is 9.47 Å². The standard InChI is InChI=1S/C12H25NO2/c1-12(2,14-4)11(13-3)8-7-10-6-5-9-15-10/h10-11,13H,5-9H2,1-4H3. The molecule has 3 nitrogen and oxygen atoms in total. The van der Waals surface area contributed by atoms with Crippen molar-refractivity contribution >= 4 is 0 Å². The largest absolute Gasteiger partial charge is 0.378 e. The number of hydrogen-bond acceptors (Lipinski definition) is 3. The molecule has 0 saturated carbocycles. The summed E-state index contributed by atoms with van der Waals surface area (Å²) in [6, 6.07) is 0.395. The fourth-order valence-corrected chi connectivity index (χ4v) is 2.21. The Morgan fingerprint density at radius 2 is 2.27 bits per heavy atom. The summed E-state index contributed by atoms with van der Waals surface area (Å²) in [5, 5.41) is 3.34. The molecule has 0 amide bonds. The summed E-state index contributed by atoms with van der Waals surface area (Å²) < 4.78 is 11.1. The third-order valence-corrected chi connectivity index (χ3v) is 3.52. The third-order valence-electron chi connectivity index (χ3n) is 3.52. The highest BCUT2D eigenvalue weighted by atomic mass is 16.5. The summed E-state index contributed by atoms with van der Waals surface area (Å²) in [5.74, 6) is 0. The van der Waals surface area contributed by atoms with Gasteiger partial charge in [0, 0.05) is 19.8 Å². The van der Waals surface area contributed by atoms with Crippen LogP contribution in [0.1, 0.15) is 39.5 Å². The Bertz CT molecular complexity index is 176. The first-order chi connectivity index (χ1) is 7.10. The van der Waals surface area contributed by atoms with Crippen molar-refractivity contribution in [3.8, 4) is 0 Å². The normalized spacial score (nSPS) is 24.4. The van der Waals surface area contributed by atoms with Gasteiger partial charge in [-0.25, -0.2) is 0 Å². The summed E-state index contributed by atoms with van der Waals surface area (Å²) in [6.45, 7) is 5.20. The molecule has 0 aromatic rings. The van der Waals surface area contributed by atoms with Crippen molar-refractivity contribution in [1.29, 1.82) is 0 Å². The van der Waals surface area contributed by atoms with Gasteiger partial charge in [-0.15, -0.1) is 0 Å². The monoisotopic (exact) mass is 215 g/mol. The van der Waals surface area contributed by atoms with Crippen LogP contribution in [0, 0.1) is 0 Å². The van der Waals surface area contributed by atoms with Crippen LogP contribution in [0.15, 0.2) is 0 Å². The van der Waals surface area contributed by atoms with Crippen LogP contribution in [-0.4, -0.2) is 38.5 Å². The quantitative estimate of drug-likeness (QED) is 0.734. The lowest BCUT2D eigenvalue weighted by Gasteiger charge is -2.33. The van der Waals surface area contributed by atoms with Crippen molar-refractivity contribution in [2.75, 3.05) is 20.8 Å². The van der Waals surface area contributed by atoms with Crippen LogP contribution in [0.2, 0.25) is 0 Å². The molecule has 1 aliphatic heterocycles. The van der Waals surface area contributed by atoms with E-state index in [1.54, 1.807) is 7.11 Å². The number of methoxy groups -OCH3 is 1. The Morgan fingerprint density at radius 1 is 1.53 bits per heavy atom. The molecular weight excluding hydrogens is 190 g/mol. The van der Waals surface area contributed by atoms with Crippen LogP contribution in [0.5, 0.6) is 0 Å². The second-order valence-corrected chi connectivity index (χ2v) is 4.86. The summed E-state index contributed by atoms with van der Waals surface area (Å²) in [5.41, 5.74) is -0.104. The second kappa shape index (κ2) is 5.83. The second-order valence-electron chi connectivity index (χ2n) is 4.86. The molecule has 2 atom stereocenters. The Kier molecular flexibility index (Phi) is 5.03. The van der Waals surface area contributed by atoms with Gasteiger partial charge in [0.2, 0.25) is 0 Å². The summed E-state index contributed by atoms with van der Waals surface area (Å²) in [7, 11) is 3.78. The van der Waals surface area contributed by atoms with E-state index in [1.807, 2.05) is 7.05 Å². The highest BCUT2D eigenvalue weighted by Gasteiger charge is 2.29. The van der Waals surface area contributed by atoms with Crippen LogP contribution < -0.4 is 5.32 Å². The SMILES string of the molecule is CNC(CCC1CCCO1)C(C)(C)OC. The minimum absolute atomic E-state index is 0.104. The molecule has 1 heterocycles. The minimum atomic E-state index is -0.104. The summed E-state index contributed by atoms with van der Waals surface area (Å²) >= 11 is 0. The molecule has 0 radical (unpaired) electrons. The lowest BCUT2D eigenvalue weighted by Crippen LogP contribution is -2.46. The van der Waals surface area contributed by atoms with E-state index in [9.17, 15) is 0 Å². The van der Waals surface area contributed by atoms with E-state index in [0.29, 0.717) is 12.1 Å². The van der Waals surface area contributed by atoms with Gasteiger partial charge in [0.25, 0.3) is 0 Å². The molecule has 0 bridgehead atoms.